The van der Waals surface area contributed by atoms with Crippen molar-refractivity contribution in [1.82, 2.24) is 14.9 Å². The van der Waals surface area contributed by atoms with Gasteiger partial charge in [-0.25, -0.2) is 4.98 Å². The third-order valence-corrected chi connectivity index (χ3v) is 2.43. The van der Waals surface area contributed by atoms with Crippen LogP contribution in [0.4, 0.5) is 5.95 Å². The van der Waals surface area contributed by atoms with Crippen LogP contribution in [-0.4, -0.2) is 42.1 Å². The Hall–Kier alpha value is -1.36. The second-order valence-electron chi connectivity index (χ2n) is 4.76. The van der Waals surface area contributed by atoms with Crippen LogP contribution in [0.3, 0.4) is 0 Å². The van der Waals surface area contributed by atoms with Gasteiger partial charge in [-0.05, 0) is 33.0 Å². The molecule has 0 fully saturated rings. The van der Waals surface area contributed by atoms with Crippen LogP contribution >= 0.6 is 0 Å². The monoisotopic (exact) mass is 238 g/mol. The smallest absolute Gasteiger partial charge is 0.252 e. The summed E-state index contributed by atoms with van der Waals surface area (Å²) in [6, 6.07) is 1.55. The van der Waals surface area contributed by atoms with Crippen molar-refractivity contribution in [2.45, 2.75) is 26.2 Å². The Morgan fingerprint density at radius 3 is 2.76 bits per heavy atom. The predicted molar refractivity (Wildman–Crippen MR) is 70.6 cm³/mol. The summed E-state index contributed by atoms with van der Waals surface area (Å²) in [5, 5.41) is 3.14. The molecular weight excluding hydrogens is 216 g/mol. The van der Waals surface area contributed by atoms with Crippen molar-refractivity contribution in [3.8, 4) is 0 Å². The fraction of sp³-hybridized carbons (Fsp3) is 0.667. The SMILES string of the molecule is CC(C)c1cc(=O)[nH]c(NCCCN(C)C)n1. The Labute approximate surface area is 102 Å². The van der Waals surface area contributed by atoms with Gasteiger partial charge in [0.05, 0.1) is 5.69 Å². The van der Waals surface area contributed by atoms with E-state index in [2.05, 4.69) is 20.2 Å². The fourth-order valence-corrected chi connectivity index (χ4v) is 1.46. The number of aromatic nitrogens is 2. The topological polar surface area (TPSA) is 61.0 Å². The molecule has 0 aliphatic carbocycles. The summed E-state index contributed by atoms with van der Waals surface area (Å²) in [4.78, 5) is 20.6. The molecule has 1 rings (SSSR count). The van der Waals surface area contributed by atoms with Crippen molar-refractivity contribution >= 4 is 5.95 Å². The molecule has 0 radical (unpaired) electrons. The zero-order chi connectivity index (χ0) is 12.8. The number of anilines is 1. The molecule has 0 unspecified atom stereocenters. The molecule has 0 saturated carbocycles. The van der Waals surface area contributed by atoms with Gasteiger partial charge in [0.2, 0.25) is 5.95 Å². The van der Waals surface area contributed by atoms with Gasteiger partial charge in [0.25, 0.3) is 5.56 Å². The van der Waals surface area contributed by atoms with Crippen molar-refractivity contribution in [2.24, 2.45) is 0 Å². The number of H-pyrrole nitrogens is 1. The molecule has 0 aliphatic heterocycles. The van der Waals surface area contributed by atoms with Gasteiger partial charge in [0.1, 0.15) is 0 Å². The molecule has 5 nitrogen and oxygen atoms in total. The van der Waals surface area contributed by atoms with Crippen LogP contribution in [0.2, 0.25) is 0 Å². The maximum atomic E-state index is 11.4. The molecule has 1 heterocycles. The Balaban J connectivity index is 2.56. The lowest BCUT2D eigenvalue weighted by Crippen LogP contribution is -2.19. The van der Waals surface area contributed by atoms with Crippen LogP contribution in [0.1, 0.15) is 31.9 Å². The molecular formula is C12H22N4O. The lowest BCUT2D eigenvalue weighted by atomic mass is 10.1. The van der Waals surface area contributed by atoms with Crippen molar-refractivity contribution < 1.29 is 0 Å². The standard InChI is InChI=1S/C12H22N4O/c1-9(2)10-8-11(17)15-12(14-10)13-6-5-7-16(3)4/h8-9H,5-7H2,1-4H3,(H2,13,14,15,17). The maximum Gasteiger partial charge on any atom is 0.252 e. The van der Waals surface area contributed by atoms with Gasteiger partial charge in [0.15, 0.2) is 0 Å². The second kappa shape index (κ2) is 6.39. The third-order valence-electron chi connectivity index (χ3n) is 2.43. The summed E-state index contributed by atoms with van der Waals surface area (Å²) >= 11 is 0. The molecule has 0 amide bonds. The van der Waals surface area contributed by atoms with E-state index in [1.165, 1.54) is 0 Å². The van der Waals surface area contributed by atoms with E-state index in [1.54, 1.807) is 6.07 Å². The number of aromatic amines is 1. The molecule has 96 valence electrons. The zero-order valence-electron chi connectivity index (χ0n) is 11.1. The number of nitrogens with zero attached hydrogens (tertiary/aromatic N) is 2. The van der Waals surface area contributed by atoms with Crippen LogP contribution < -0.4 is 10.9 Å². The van der Waals surface area contributed by atoms with E-state index in [0.29, 0.717) is 5.95 Å². The van der Waals surface area contributed by atoms with Crippen molar-refractivity contribution in [3.05, 3.63) is 22.1 Å². The zero-order valence-corrected chi connectivity index (χ0v) is 11.1. The van der Waals surface area contributed by atoms with Gasteiger partial charge in [0, 0.05) is 12.6 Å². The van der Waals surface area contributed by atoms with E-state index in [4.69, 9.17) is 0 Å². The molecule has 2 N–H and O–H groups in total. The van der Waals surface area contributed by atoms with Crippen LogP contribution in [0.25, 0.3) is 0 Å². The summed E-state index contributed by atoms with van der Waals surface area (Å²) in [6.45, 7) is 5.87. The normalized spacial score (nSPS) is 11.2. The molecule has 1 aromatic rings. The molecule has 0 bridgehead atoms. The summed E-state index contributed by atoms with van der Waals surface area (Å²) in [7, 11) is 4.08. The van der Waals surface area contributed by atoms with Crippen LogP contribution in [0, 0.1) is 0 Å². The Bertz CT molecular complexity index is 398. The Morgan fingerprint density at radius 1 is 1.47 bits per heavy atom. The van der Waals surface area contributed by atoms with E-state index in [0.717, 1.165) is 25.2 Å². The van der Waals surface area contributed by atoms with Crippen LogP contribution in [0.5, 0.6) is 0 Å². The number of hydrogen-bond donors (Lipinski definition) is 2. The Morgan fingerprint density at radius 2 is 2.18 bits per heavy atom. The number of rotatable bonds is 6. The average molecular weight is 238 g/mol. The number of hydrogen-bond acceptors (Lipinski definition) is 4. The molecule has 0 atom stereocenters. The molecule has 5 heteroatoms. The van der Waals surface area contributed by atoms with Crippen molar-refractivity contribution in [1.29, 1.82) is 0 Å². The molecule has 0 spiro atoms. The Kier molecular flexibility index (Phi) is 5.15. The first kappa shape index (κ1) is 13.7. The van der Waals surface area contributed by atoms with E-state index < -0.39 is 0 Å². The first-order valence-corrected chi connectivity index (χ1v) is 5.99. The average Bonchev–Trinajstić information content (AvgIpc) is 2.23. The van der Waals surface area contributed by atoms with Crippen LogP contribution in [-0.2, 0) is 0 Å². The minimum Gasteiger partial charge on any atom is -0.356 e. The molecule has 17 heavy (non-hydrogen) atoms. The van der Waals surface area contributed by atoms with E-state index in [9.17, 15) is 4.79 Å². The molecule has 0 aromatic carbocycles. The third kappa shape index (κ3) is 4.99. The maximum absolute atomic E-state index is 11.4. The fourth-order valence-electron chi connectivity index (χ4n) is 1.46. The highest BCUT2D eigenvalue weighted by Gasteiger charge is 2.04. The minimum absolute atomic E-state index is 0.0983. The lowest BCUT2D eigenvalue weighted by molar-refractivity contribution is 0.405. The summed E-state index contributed by atoms with van der Waals surface area (Å²) < 4.78 is 0. The van der Waals surface area contributed by atoms with Gasteiger partial charge in [-0.2, -0.15) is 0 Å². The first-order chi connectivity index (χ1) is 7.99. The summed E-state index contributed by atoms with van der Waals surface area (Å²) in [5.41, 5.74) is 0.725. The van der Waals surface area contributed by atoms with E-state index in [-0.39, 0.29) is 11.5 Å². The highest BCUT2D eigenvalue weighted by atomic mass is 16.1. The van der Waals surface area contributed by atoms with Crippen molar-refractivity contribution in [2.75, 3.05) is 32.5 Å². The van der Waals surface area contributed by atoms with Gasteiger partial charge >= 0.3 is 0 Å². The predicted octanol–water partition coefficient (Wildman–Crippen LogP) is 1.26. The summed E-state index contributed by atoms with van der Waals surface area (Å²) in [6.07, 6.45) is 1.02. The van der Waals surface area contributed by atoms with Crippen LogP contribution in [0.15, 0.2) is 10.9 Å². The molecule has 1 aromatic heterocycles. The van der Waals surface area contributed by atoms with E-state index in [1.807, 2.05) is 27.9 Å². The van der Waals surface area contributed by atoms with Crippen molar-refractivity contribution in [3.63, 3.8) is 0 Å². The van der Waals surface area contributed by atoms with E-state index >= 15 is 0 Å². The minimum atomic E-state index is -0.0983. The molecule has 0 aliphatic rings. The highest BCUT2D eigenvalue weighted by molar-refractivity contribution is 5.25. The summed E-state index contributed by atoms with van der Waals surface area (Å²) in [5.74, 6) is 0.833. The molecule has 0 saturated heterocycles. The van der Waals surface area contributed by atoms with Gasteiger partial charge in [-0.15, -0.1) is 0 Å². The second-order valence-corrected chi connectivity index (χ2v) is 4.76. The quantitative estimate of drug-likeness (QED) is 0.732. The van der Waals surface area contributed by atoms with Gasteiger partial charge in [-0.3, -0.25) is 9.78 Å². The van der Waals surface area contributed by atoms with Gasteiger partial charge in [-0.1, -0.05) is 13.8 Å². The first-order valence-electron chi connectivity index (χ1n) is 5.99. The lowest BCUT2D eigenvalue weighted by Gasteiger charge is -2.11. The largest absolute Gasteiger partial charge is 0.356 e. The number of nitrogens with one attached hydrogen (secondary N) is 2. The van der Waals surface area contributed by atoms with Gasteiger partial charge < -0.3 is 10.2 Å². The highest BCUT2D eigenvalue weighted by Crippen LogP contribution is 2.09.